The predicted molar refractivity (Wildman–Crippen MR) is 71.9 cm³/mol. The molecule has 0 saturated heterocycles. The molecule has 0 aliphatic heterocycles. The van der Waals surface area contributed by atoms with Crippen LogP contribution in [-0.2, 0) is 5.75 Å². The summed E-state index contributed by atoms with van der Waals surface area (Å²) < 4.78 is 6.07. The molecular weight excluding hydrogens is 254 g/mol. The highest BCUT2D eigenvalue weighted by atomic mass is 32.2. The van der Waals surface area contributed by atoms with Crippen molar-refractivity contribution in [3.05, 3.63) is 40.9 Å². The summed E-state index contributed by atoms with van der Waals surface area (Å²) in [6.45, 7) is 0.694. The molecular formula is C11H13N3OS2. The molecule has 4 nitrogen and oxygen atoms in total. The fourth-order valence-corrected chi connectivity index (χ4v) is 2.11. The van der Waals surface area contributed by atoms with E-state index in [1.807, 2.05) is 30.3 Å². The van der Waals surface area contributed by atoms with E-state index in [-0.39, 0.29) is 0 Å². The summed E-state index contributed by atoms with van der Waals surface area (Å²) in [5.41, 5.74) is 0. The number of benzene rings is 1. The van der Waals surface area contributed by atoms with Crippen LogP contribution in [0.25, 0.3) is 0 Å². The van der Waals surface area contributed by atoms with Gasteiger partial charge in [0, 0.05) is 5.75 Å². The van der Waals surface area contributed by atoms with E-state index in [0.717, 1.165) is 23.1 Å². The lowest BCUT2D eigenvalue weighted by molar-refractivity contribution is 0.344. The van der Waals surface area contributed by atoms with Gasteiger partial charge in [-0.1, -0.05) is 18.2 Å². The molecule has 2 aromatic rings. The van der Waals surface area contributed by atoms with E-state index in [1.54, 1.807) is 11.8 Å². The quantitative estimate of drug-likeness (QED) is 0.624. The lowest BCUT2D eigenvalue weighted by Gasteiger charge is -2.04. The van der Waals surface area contributed by atoms with Crippen LogP contribution in [0.3, 0.4) is 0 Å². The Labute approximate surface area is 109 Å². The molecule has 90 valence electrons. The second-order valence-electron chi connectivity index (χ2n) is 3.33. The maximum Gasteiger partial charge on any atom is 0.213 e. The van der Waals surface area contributed by atoms with Crippen LogP contribution in [0.4, 0.5) is 0 Å². The lowest BCUT2D eigenvalue weighted by Crippen LogP contribution is -2.00. The number of nitrogens with one attached hydrogen (secondary N) is 2. The third kappa shape index (κ3) is 4.24. The number of para-hydroxylation sites is 1. The molecule has 2 N–H and O–H groups in total. The Hall–Kier alpha value is -1.27. The SMILES string of the molecule is S=c1nc(CSCCOc2ccccc2)[nH][nH]1. The molecule has 1 heterocycles. The topological polar surface area (TPSA) is 53.7 Å². The van der Waals surface area contributed by atoms with Gasteiger partial charge >= 0.3 is 0 Å². The lowest BCUT2D eigenvalue weighted by atomic mass is 10.3. The number of hydrogen-bond donors (Lipinski definition) is 2. The highest BCUT2D eigenvalue weighted by molar-refractivity contribution is 7.98. The van der Waals surface area contributed by atoms with Crippen LogP contribution in [0.2, 0.25) is 0 Å². The zero-order chi connectivity index (χ0) is 11.9. The van der Waals surface area contributed by atoms with Crippen LogP contribution in [0.1, 0.15) is 5.82 Å². The maximum absolute atomic E-state index is 5.57. The number of H-pyrrole nitrogens is 2. The van der Waals surface area contributed by atoms with Crippen LogP contribution >= 0.6 is 24.0 Å². The summed E-state index contributed by atoms with van der Waals surface area (Å²) in [5, 5.41) is 5.68. The number of nitrogens with zero attached hydrogens (tertiary/aromatic N) is 1. The Morgan fingerprint density at radius 1 is 1.24 bits per heavy atom. The Morgan fingerprint density at radius 3 is 2.76 bits per heavy atom. The summed E-state index contributed by atoms with van der Waals surface area (Å²) in [5.74, 6) is 3.51. The first kappa shape index (κ1) is 12.2. The van der Waals surface area contributed by atoms with Gasteiger partial charge in [0.05, 0.1) is 12.4 Å². The van der Waals surface area contributed by atoms with Gasteiger partial charge in [0.25, 0.3) is 0 Å². The van der Waals surface area contributed by atoms with Gasteiger partial charge in [0.15, 0.2) is 0 Å². The number of aromatic nitrogens is 3. The Kier molecular flexibility index (Phi) is 4.63. The molecule has 0 amide bonds. The first-order valence-corrected chi connectivity index (χ1v) is 6.80. The van der Waals surface area contributed by atoms with Crippen molar-refractivity contribution in [2.24, 2.45) is 0 Å². The van der Waals surface area contributed by atoms with Gasteiger partial charge < -0.3 is 4.74 Å². The molecule has 2 rings (SSSR count). The van der Waals surface area contributed by atoms with E-state index in [2.05, 4.69) is 15.2 Å². The minimum atomic E-state index is 0.501. The van der Waals surface area contributed by atoms with E-state index < -0.39 is 0 Å². The van der Waals surface area contributed by atoms with Crippen LogP contribution in [-0.4, -0.2) is 27.5 Å². The summed E-state index contributed by atoms with van der Waals surface area (Å²) in [6, 6.07) is 9.81. The highest BCUT2D eigenvalue weighted by Gasteiger charge is 1.97. The van der Waals surface area contributed by atoms with Crippen molar-refractivity contribution in [3.63, 3.8) is 0 Å². The van der Waals surface area contributed by atoms with E-state index in [1.165, 1.54) is 0 Å². The van der Waals surface area contributed by atoms with Crippen LogP contribution < -0.4 is 4.74 Å². The third-order valence-corrected chi connectivity index (χ3v) is 3.15. The monoisotopic (exact) mass is 267 g/mol. The second-order valence-corrected chi connectivity index (χ2v) is 4.82. The number of aromatic amines is 2. The molecule has 1 aromatic heterocycles. The number of thioether (sulfide) groups is 1. The minimum Gasteiger partial charge on any atom is -0.493 e. The van der Waals surface area contributed by atoms with Crippen LogP contribution in [0, 0.1) is 4.77 Å². The molecule has 0 bridgehead atoms. The van der Waals surface area contributed by atoms with Crippen molar-refractivity contribution >= 4 is 24.0 Å². The number of rotatable bonds is 6. The Balaban J connectivity index is 1.62. The summed E-state index contributed by atoms with van der Waals surface area (Å²) >= 11 is 6.62. The van der Waals surface area contributed by atoms with E-state index in [0.29, 0.717) is 11.4 Å². The molecule has 0 aliphatic rings. The van der Waals surface area contributed by atoms with Crippen molar-refractivity contribution in [2.75, 3.05) is 12.4 Å². The molecule has 0 radical (unpaired) electrons. The average molecular weight is 267 g/mol. The van der Waals surface area contributed by atoms with Gasteiger partial charge in [-0.05, 0) is 24.4 Å². The average Bonchev–Trinajstić information content (AvgIpc) is 2.76. The van der Waals surface area contributed by atoms with Gasteiger partial charge in [0.2, 0.25) is 4.77 Å². The highest BCUT2D eigenvalue weighted by Crippen LogP contribution is 2.11. The molecule has 0 atom stereocenters. The smallest absolute Gasteiger partial charge is 0.213 e. The minimum absolute atomic E-state index is 0.501. The fraction of sp³-hybridized carbons (Fsp3) is 0.273. The zero-order valence-corrected chi connectivity index (χ0v) is 10.8. The first-order chi connectivity index (χ1) is 8.34. The number of hydrogen-bond acceptors (Lipinski definition) is 4. The first-order valence-electron chi connectivity index (χ1n) is 5.24. The van der Waals surface area contributed by atoms with Crippen molar-refractivity contribution in [3.8, 4) is 5.75 Å². The van der Waals surface area contributed by atoms with Crippen molar-refractivity contribution < 1.29 is 4.74 Å². The van der Waals surface area contributed by atoms with Crippen LogP contribution in [0.15, 0.2) is 30.3 Å². The zero-order valence-electron chi connectivity index (χ0n) is 9.18. The van der Waals surface area contributed by atoms with Crippen LogP contribution in [0.5, 0.6) is 5.75 Å². The van der Waals surface area contributed by atoms with Gasteiger partial charge in [-0.25, -0.2) is 4.98 Å². The molecule has 0 spiro atoms. The molecule has 6 heteroatoms. The molecule has 0 unspecified atom stereocenters. The summed E-state index contributed by atoms with van der Waals surface area (Å²) in [6.07, 6.45) is 0. The van der Waals surface area contributed by atoms with E-state index in [4.69, 9.17) is 17.0 Å². The van der Waals surface area contributed by atoms with Gasteiger partial charge in [0.1, 0.15) is 11.6 Å². The largest absolute Gasteiger partial charge is 0.493 e. The molecule has 0 saturated carbocycles. The maximum atomic E-state index is 5.57. The van der Waals surface area contributed by atoms with Gasteiger partial charge in [-0.15, -0.1) is 0 Å². The molecule has 0 aliphatic carbocycles. The molecule has 0 fully saturated rings. The van der Waals surface area contributed by atoms with Crippen molar-refractivity contribution in [1.29, 1.82) is 0 Å². The predicted octanol–water partition coefficient (Wildman–Crippen LogP) is 2.78. The van der Waals surface area contributed by atoms with E-state index in [9.17, 15) is 0 Å². The molecule has 17 heavy (non-hydrogen) atoms. The Morgan fingerprint density at radius 2 is 2.06 bits per heavy atom. The Bertz CT molecular complexity index is 495. The third-order valence-electron chi connectivity index (χ3n) is 2.03. The van der Waals surface area contributed by atoms with E-state index >= 15 is 0 Å². The second kappa shape index (κ2) is 6.46. The fourth-order valence-electron chi connectivity index (χ4n) is 1.28. The normalized spacial score (nSPS) is 10.4. The molecule has 1 aromatic carbocycles. The van der Waals surface area contributed by atoms with Crippen molar-refractivity contribution in [2.45, 2.75) is 5.75 Å². The van der Waals surface area contributed by atoms with Gasteiger partial charge in [-0.3, -0.25) is 10.2 Å². The summed E-state index contributed by atoms with van der Waals surface area (Å²) in [7, 11) is 0. The standard InChI is InChI=1S/C11H13N3OS2/c16-11-12-10(13-14-11)8-17-7-6-15-9-4-2-1-3-5-9/h1-5H,6-8H2,(H2,12,13,14,16). The van der Waals surface area contributed by atoms with Crippen molar-refractivity contribution in [1.82, 2.24) is 15.2 Å². The summed E-state index contributed by atoms with van der Waals surface area (Å²) in [4.78, 5) is 4.11. The van der Waals surface area contributed by atoms with Gasteiger partial charge in [-0.2, -0.15) is 11.8 Å². The number of ether oxygens (including phenoxy) is 1.